The normalized spacial score (nSPS) is 11.9. The summed E-state index contributed by atoms with van der Waals surface area (Å²) >= 11 is 3.75. The average Bonchev–Trinajstić information content (AvgIpc) is 3.51. The van der Waals surface area contributed by atoms with Crippen LogP contribution in [0.2, 0.25) is 0 Å². The lowest BCUT2D eigenvalue weighted by molar-refractivity contribution is 1.67. The van der Waals surface area contributed by atoms with Gasteiger partial charge in [-0.2, -0.15) is 0 Å². The van der Waals surface area contributed by atoms with Crippen molar-refractivity contribution < 1.29 is 0 Å². The Morgan fingerprint density at radius 1 is 0.389 bits per heavy atom. The summed E-state index contributed by atoms with van der Waals surface area (Å²) in [4.78, 5) is 0. The van der Waals surface area contributed by atoms with Crippen LogP contribution in [0, 0.1) is 0 Å². The second-order valence-corrected chi connectivity index (χ2v) is 11.3. The van der Waals surface area contributed by atoms with E-state index >= 15 is 0 Å². The highest BCUT2D eigenvalue weighted by atomic mass is 32.1. The van der Waals surface area contributed by atoms with Gasteiger partial charge in [0.05, 0.1) is 0 Å². The number of thiophene rings is 2. The molecule has 0 nitrogen and oxygen atoms in total. The van der Waals surface area contributed by atoms with E-state index in [0.29, 0.717) is 0 Å². The van der Waals surface area contributed by atoms with Crippen LogP contribution < -0.4 is 0 Å². The maximum atomic E-state index is 2.43. The second kappa shape index (κ2) is 7.76. The van der Waals surface area contributed by atoms with E-state index in [4.69, 9.17) is 0 Å². The Morgan fingerprint density at radius 2 is 0.944 bits per heavy atom. The minimum atomic E-state index is 1.26. The highest BCUT2D eigenvalue weighted by molar-refractivity contribution is 7.26. The molecule has 0 bridgehead atoms. The van der Waals surface area contributed by atoms with Gasteiger partial charge >= 0.3 is 0 Å². The number of benzene rings is 6. The van der Waals surface area contributed by atoms with E-state index in [1.807, 2.05) is 22.7 Å². The van der Waals surface area contributed by atoms with Gasteiger partial charge in [-0.15, -0.1) is 22.7 Å². The summed E-state index contributed by atoms with van der Waals surface area (Å²) in [5.74, 6) is 0. The second-order valence-electron chi connectivity index (χ2n) is 9.30. The molecule has 2 aromatic heterocycles. The van der Waals surface area contributed by atoms with E-state index in [-0.39, 0.29) is 0 Å². The molecule has 0 radical (unpaired) electrons. The Labute approximate surface area is 216 Å². The molecule has 0 saturated heterocycles. The maximum absolute atomic E-state index is 2.43. The molecule has 0 saturated carbocycles. The molecule has 168 valence electrons. The maximum Gasteiger partial charge on any atom is 0.0362 e. The molecule has 36 heavy (non-hydrogen) atoms. The molecular weight excluding hydrogens is 473 g/mol. The lowest BCUT2D eigenvalue weighted by Crippen LogP contribution is -1.90. The largest absolute Gasteiger partial charge is 0.143 e. The lowest BCUT2D eigenvalue weighted by Gasteiger charge is -2.17. The van der Waals surface area contributed by atoms with Gasteiger partial charge < -0.3 is 0 Å². The van der Waals surface area contributed by atoms with Crippen LogP contribution in [0.4, 0.5) is 0 Å². The molecule has 8 aromatic rings. The third-order valence-corrected chi connectivity index (χ3v) is 9.41. The molecule has 0 amide bonds. The first-order chi connectivity index (χ1) is 17.9. The van der Waals surface area contributed by atoms with E-state index < -0.39 is 0 Å². The molecule has 6 aromatic carbocycles. The third kappa shape index (κ3) is 2.86. The summed E-state index contributed by atoms with van der Waals surface area (Å²) in [6.07, 6.45) is 0. The topological polar surface area (TPSA) is 0 Å². The fourth-order valence-electron chi connectivity index (χ4n) is 5.77. The number of fused-ring (bicyclic) bond motifs is 6. The van der Waals surface area contributed by atoms with Crippen molar-refractivity contribution in [3.05, 3.63) is 121 Å². The van der Waals surface area contributed by atoms with E-state index in [9.17, 15) is 0 Å². The summed E-state index contributed by atoms with van der Waals surface area (Å²) in [5, 5.41) is 11.7. The van der Waals surface area contributed by atoms with Crippen molar-refractivity contribution in [2.24, 2.45) is 0 Å². The van der Waals surface area contributed by atoms with E-state index in [0.717, 1.165) is 0 Å². The smallest absolute Gasteiger partial charge is 0.0362 e. The lowest BCUT2D eigenvalue weighted by atomic mass is 9.86. The van der Waals surface area contributed by atoms with Crippen LogP contribution in [0.25, 0.3) is 74.1 Å². The van der Waals surface area contributed by atoms with Crippen molar-refractivity contribution in [1.29, 1.82) is 0 Å². The first-order valence-corrected chi connectivity index (χ1v) is 13.9. The van der Waals surface area contributed by atoms with Crippen molar-refractivity contribution in [2.45, 2.75) is 0 Å². The van der Waals surface area contributed by atoms with Crippen molar-refractivity contribution in [3.8, 4) is 22.3 Å². The first-order valence-electron chi connectivity index (χ1n) is 12.2. The van der Waals surface area contributed by atoms with Gasteiger partial charge in [-0.05, 0) is 61.8 Å². The molecule has 0 N–H and O–H groups in total. The van der Waals surface area contributed by atoms with Crippen LogP contribution in [0.3, 0.4) is 0 Å². The van der Waals surface area contributed by atoms with Gasteiger partial charge in [0.25, 0.3) is 0 Å². The molecule has 0 fully saturated rings. The van der Waals surface area contributed by atoms with Gasteiger partial charge in [-0.1, -0.05) is 97.1 Å². The molecule has 2 heteroatoms. The fraction of sp³-hybridized carbons (Fsp3) is 0. The summed E-state index contributed by atoms with van der Waals surface area (Å²) < 4.78 is 4.06. The van der Waals surface area contributed by atoms with Crippen LogP contribution in [0.15, 0.2) is 121 Å². The van der Waals surface area contributed by atoms with Crippen LogP contribution in [0.5, 0.6) is 0 Å². The monoisotopic (exact) mass is 492 g/mol. The van der Waals surface area contributed by atoms with Gasteiger partial charge in [-0.3, -0.25) is 0 Å². The predicted octanol–water partition coefficient (Wildman–Crippen LogP) is 10.9. The summed E-state index contributed by atoms with van der Waals surface area (Å²) in [6, 6.07) is 42.3. The molecule has 0 aliphatic heterocycles. The molecule has 0 unspecified atom stereocenters. The van der Waals surface area contributed by atoms with Crippen LogP contribution in [-0.2, 0) is 0 Å². The third-order valence-electron chi connectivity index (χ3n) is 7.34. The zero-order valence-electron chi connectivity index (χ0n) is 19.4. The zero-order chi connectivity index (χ0) is 23.6. The van der Waals surface area contributed by atoms with Crippen molar-refractivity contribution in [2.75, 3.05) is 0 Å². The van der Waals surface area contributed by atoms with Crippen LogP contribution in [-0.4, -0.2) is 0 Å². The Balaban J connectivity index is 1.51. The van der Waals surface area contributed by atoms with Crippen molar-refractivity contribution in [3.63, 3.8) is 0 Å². The van der Waals surface area contributed by atoms with Crippen molar-refractivity contribution in [1.82, 2.24) is 0 Å². The van der Waals surface area contributed by atoms with Crippen molar-refractivity contribution >= 4 is 74.5 Å². The van der Waals surface area contributed by atoms with Gasteiger partial charge in [0.2, 0.25) is 0 Å². The van der Waals surface area contributed by atoms with Gasteiger partial charge in [0, 0.05) is 35.8 Å². The van der Waals surface area contributed by atoms with E-state index in [1.165, 1.54) is 74.1 Å². The SMILES string of the molecule is c1ccc(-c2c3ccccc3c(-c3csc4cc5c(cc34)sc3ccccc35)c3ccccc23)cc1. The number of rotatable bonds is 2. The molecule has 8 rings (SSSR count). The Hall–Kier alpha value is -3.98. The molecule has 0 aliphatic carbocycles. The van der Waals surface area contributed by atoms with Crippen LogP contribution in [0.1, 0.15) is 0 Å². The summed E-state index contributed by atoms with van der Waals surface area (Å²) in [7, 11) is 0. The molecule has 2 heterocycles. The fourth-order valence-corrected chi connectivity index (χ4v) is 7.87. The molecule has 0 aliphatic rings. The minimum Gasteiger partial charge on any atom is -0.143 e. The van der Waals surface area contributed by atoms with Crippen LogP contribution >= 0.6 is 22.7 Å². The molecule has 0 atom stereocenters. The Morgan fingerprint density at radius 3 is 1.64 bits per heavy atom. The van der Waals surface area contributed by atoms with Gasteiger partial charge in [0.15, 0.2) is 0 Å². The molecule has 0 spiro atoms. The highest BCUT2D eigenvalue weighted by Crippen LogP contribution is 2.48. The predicted molar refractivity (Wildman–Crippen MR) is 161 cm³/mol. The van der Waals surface area contributed by atoms with E-state index in [2.05, 4.69) is 121 Å². The highest BCUT2D eigenvalue weighted by Gasteiger charge is 2.19. The Bertz CT molecular complexity index is 2030. The number of hydrogen-bond donors (Lipinski definition) is 0. The minimum absolute atomic E-state index is 1.26. The summed E-state index contributed by atoms with van der Waals surface area (Å²) in [5.41, 5.74) is 5.25. The zero-order valence-corrected chi connectivity index (χ0v) is 21.0. The first kappa shape index (κ1) is 20.2. The van der Waals surface area contributed by atoms with E-state index in [1.54, 1.807) is 0 Å². The Kier molecular flexibility index (Phi) is 4.36. The van der Waals surface area contributed by atoms with Gasteiger partial charge in [0.1, 0.15) is 0 Å². The number of hydrogen-bond acceptors (Lipinski definition) is 2. The quantitative estimate of drug-likeness (QED) is 0.211. The average molecular weight is 493 g/mol. The van der Waals surface area contributed by atoms with Gasteiger partial charge in [-0.25, -0.2) is 0 Å². The standard InChI is InChI=1S/C34H20S2/c1-2-10-21(11-3-1)33-23-13-4-6-15-25(23)34(26-16-7-5-14-24(26)33)29-20-35-31-18-27-22-12-8-9-17-30(22)36-32(27)19-28(29)31/h1-20H. The molecular formula is C34H20S2. The summed E-state index contributed by atoms with van der Waals surface area (Å²) in [6.45, 7) is 0.